The van der Waals surface area contributed by atoms with E-state index >= 15 is 0 Å². The number of rotatable bonds is 8. The minimum Gasteiger partial charge on any atom is -0.385 e. The Kier molecular flexibility index (Phi) is 6.73. The number of carbonyl (C=O) groups excluding carboxylic acids is 1. The lowest BCUT2D eigenvalue weighted by Crippen LogP contribution is -2.38. The quantitative estimate of drug-likeness (QED) is 0.712. The number of nitrogens with zero attached hydrogens (tertiary/aromatic N) is 1. The van der Waals surface area contributed by atoms with E-state index in [1.807, 2.05) is 0 Å². The first kappa shape index (κ1) is 17.5. The van der Waals surface area contributed by atoms with Crippen LogP contribution in [0.3, 0.4) is 0 Å². The van der Waals surface area contributed by atoms with Crippen molar-refractivity contribution >= 4 is 15.9 Å². The summed E-state index contributed by atoms with van der Waals surface area (Å²) in [5.41, 5.74) is 0. The molecular formula is C13H19FN2O4S. The van der Waals surface area contributed by atoms with Gasteiger partial charge in [0.1, 0.15) is 5.82 Å². The highest BCUT2D eigenvalue weighted by atomic mass is 32.2. The molecule has 0 aliphatic heterocycles. The van der Waals surface area contributed by atoms with Crippen molar-refractivity contribution in [2.24, 2.45) is 0 Å². The van der Waals surface area contributed by atoms with Crippen LogP contribution in [-0.4, -0.2) is 52.5 Å². The molecule has 21 heavy (non-hydrogen) atoms. The van der Waals surface area contributed by atoms with Gasteiger partial charge in [-0.15, -0.1) is 0 Å². The van der Waals surface area contributed by atoms with Gasteiger partial charge in [0.15, 0.2) is 0 Å². The van der Waals surface area contributed by atoms with Crippen molar-refractivity contribution in [2.45, 2.75) is 11.3 Å². The summed E-state index contributed by atoms with van der Waals surface area (Å²) in [6.07, 6.45) is 0.649. The summed E-state index contributed by atoms with van der Waals surface area (Å²) < 4.78 is 42.9. The highest BCUT2D eigenvalue weighted by Gasteiger charge is 2.22. The Hall–Kier alpha value is -1.51. The molecule has 1 rings (SSSR count). The number of amides is 1. The smallest absolute Gasteiger partial charge is 0.243 e. The van der Waals surface area contributed by atoms with Crippen LogP contribution in [-0.2, 0) is 19.6 Å². The van der Waals surface area contributed by atoms with Crippen LogP contribution >= 0.6 is 0 Å². The van der Waals surface area contributed by atoms with Gasteiger partial charge < -0.3 is 10.1 Å². The monoisotopic (exact) mass is 318 g/mol. The van der Waals surface area contributed by atoms with Gasteiger partial charge in [-0.25, -0.2) is 12.8 Å². The summed E-state index contributed by atoms with van der Waals surface area (Å²) >= 11 is 0. The van der Waals surface area contributed by atoms with Gasteiger partial charge in [0, 0.05) is 27.3 Å². The first-order valence-corrected chi connectivity index (χ1v) is 7.79. The lowest BCUT2D eigenvalue weighted by atomic mass is 10.4. The maximum absolute atomic E-state index is 12.8. The number of methoxy groups -OCH3 is 1. The molecule has 1 aromatic rings. The topological polar surface area (TPSA) is 75.7 Å². The molecule has 0 bridgehead atoms. The van der Waals surface area contributed by atoms with E-state index in [4.69, 9.17) is 4.74 Å². The van der Waals surface area contributed by atoms with E-state index < -0.39 is 21.7 Å². The van der Waals surface area contributed by atoms with Crippen LogP contribution in [0.2, 0.25) is 0 Å². The van der Waals surface area contributed by atoms with Gasteiger partial charge in [-0.05, 0) is 30.7 Å². The number of likely N-dealkylation sites (N-methyl/N-ethyl adjacent to an activating group) is 1. The first-order chi connectivity index (χ1) is 9.87. The van der Waals surface area contributed by atoms with Crippen molar-refractivity contribution in [1.29, 1.82) is 0 Å². The molecule has 0 aromatic heterocycles. The fraction of sp³-hybridized carbons (Fsp3) is 0.462. The average molecular weight is 318 g/mol. The van der Waals surface area contributed by atoms with E-state index in [2.05, 4.69) is 5.32 Å². The zero-order valence-corrected chi connectivity index (χ0v) is 12.8. The summed E-state index contributed by atoms with van der Waals surface area (Å²) in [7, 11) is -0.946. The summed E-state index contributed by atoms with van der Waals surface area (Å²) in [5, 5.41) is 2.60. The molecule has 1 N–H and O–H groups in total. The molecule has 8 heteroatoms. The van der Waals surface area contributed by atoms with Crippen molar-refractivity contribution < 1.29 is 22.3 Å². The maximum atomic E-state index is 12.8. The Morgan fingerprint density at radius 1 is 1.33 bits per heavy atom. The minimum atomic E-state index is -3.80. The molecule has 0 saturated carbocycles. The molecule has 1 aromatic carbocycles. The second kappa shape index (κ2) is 8.06. The zero-order chi connectivity index (χ0) is 15.9. The molecule has 0 saturated heterocycles. The van der Waals surface area contributed by atoms with Gasteiger partial charge in [0.25, 0.3) is 0 Å². The normalized spacial score (nSPS) is 11.6. The van der Waals surface area contributed by atoms with Crippen LogP contribution in [0.5, 0.6) is 0 Å². The van der Waals surface area contributed by atoms with Crippen LogP contribution in [0, 0.1) is 5.82 Å². The van der Waals surface area contributed by atoms with Gasteiger partial charge in [0.2, 0.25) is 15.9 Å². The fourth-order valence-corrected chi connectivity index (χ4v) is 2.70. The molecule has 0 aliphatic carbocycles. The zero-order valence-electron chi connectivity index (χ0n) is 12.0. The standard InChI is InChI=1S/C13H19FN2O4S/c1-16(10-13(17)15-8-3-9-20-2)21(18,19)12-6-4-11(14)5-7-12/h4-7H,3,8-10H2,1-2H3,(H,15,17). The SMILES string of the molecule is COCCCNC(=O)CN(C)S(=O)(=O)c1ccc(F)cc1. The molecular weight excluding hydrogens is 299 g/mol. The Labute approximate surface area is 123 Å². The number of hydrogen-bond donors (Lipinski definition) is 1. The van der Waals surface area contributed by atoms with E-state index in [-0.39, 0.29) is 11.4 Å². The molecule has 118 valence electrons. The highest BCUT2D eigenvalue weighted by Crippen LogP contribution is 2.14. The van der Waals surface area contributed by atoms with Crippen LogP contribution < -0.4 is 5.32 Å². The molecule has 0 unspecified atom stereocenters. The van der Waals surface area contributed by atoms with Crippen molar-refractivity contribution in [2.75, 3.05) is 33.9 Å². The summed E-state index contributed by atoms with van der Waals surface area (Å²) in [6, 6.07) is 4.45. The molecule has 0 spiro atoms. The largest absolute Gasteiger partial charge is 0.385 e. The van der Waals surface area contributed by atoms with Gasteiger partial charge in [-0.2, -0.15) is 4.31 Å². The predicted molar refractivity (Wildman–Crippen MR) is 75.7 cm³/mol. The van der Waals surface area contributed by atoms with E-state index in [1.54, 1.807) is 7.11 Å². The van der Waals surface area contributed by atoms with Crippen molar-refractivity contribution in [3.8, 4) is 0 Å². The second-order valence-electron chi connectivity index (χ2n) is 4.41. The van der Waals surface area contributed by atoms with Gasteiger partial charge in [-0.3, -0.25) is 4.79 Å². The van der Waals surface area contributed by atoms with Crippen molar-refractivity contribution in [3.05, 3.63) is 30.1 Å². The molecule has 1 amide bonds. The number of ether oxygens (including phenoxy) is 1. The summed E-state index contributed by atoms with van der Waals surface area (Å²) in [6.45, 7) is 0.633. The molecule has 0 radical (unpaired) electrons. The Morgan fingerprint density at radius 3 is 2.52 bits per heavy atom. The molecule has 0 aliphatic rings. The maximum Gasteiger partial charge on any atom is 0.243 e. The minimum absolute atomic E-state index is 0.0569. The van der Waals surface area contributed by atoms with Crippen LogP contribution in [0.4, 0.5) is 4.39 Å². The van der Waals surface area contributed by atoms with Crippen LogP contribution in [0.25, 0.3) is 0 Å². The number of benzene rings is 1. The highest BCUT2D eigenvalue weighted by molar-refractivity contribution is 7.89. The van der Waals surface area contributed by atoms with Crippen molar-refractivity contribution in [3.63, 3.8) is 0 Å². The molecule has 0 heterocycles. The van der Waals surface area contributed by atoms with Gasteiger partial charge in [0.05, 0.1) is 11.4 Å². The third kappa shape index (κ3) is 5.41. The number of sulfonamides is 1. The number of hydrogen-bond acceptors (Lipinski definition) is 4. The Bertz CT molecular complexity index is 560. The third-order valence-corrected chi connectivity index (χ3v) is 4.55. The Morgan fingerprint density at radius 2 is 1.95 bits per heavy atom. The van der Waals surface area contributed by atoms with E-state index in [9.17, 15) is 17.6 Å². The van der Waals surface area contributed by atoms with E-state index in [1.165, 1.54) is 7.05 Å². The van der Waals surface area contributed by atoms with E-state index in [0.717, 1.165) is 28.6 Å². The van der Waals surface area contributed by atoms with E-state index in [0.29, 0.717) is 19.6 Å². The second-order valence-corrected chi connectivity index (χ2v) is 6.46. The molecule has 0 atom stereocenters. The number of halogens is 1. The number of carbonyl (C=O) groups is 1. The fourth-order valence-electron chi connectivity index (χ4n) is 1.57. The first-order valence-electron chi connectivity index (χ1n) is 6.35. The summed E-state index contributed by atoms with van der Waals surface area (Å²) in [4.78, 5) is 11.6. The lowest BCUT2D eigenvalue weighted by molar-refractivity contribution is -0.121. The average Bonchev–Trinajstić information content (AvgIpc) is 2.44. The van der Waals surface area contributed by atoms with Gasteiger partial charge >= 0.3 is 0 Å². The molecule has 0 fully saturated rings. The lowest BCUT2D eigenvalue weighted by Gasteiger charge is -2.16. The third-order valence-electron chi connectivity index (χ3n) is 2.74. The van der Waals surface area contributed by atoms with Crippen LogP contribution in [0.1, 0.15) is 6.42 Å². The predicted octanol–water partition coefficient (Wildman–Crippen LogP) is 0.599. The van der Waals surface area contributed by atoms with Crippen LogP contribution in [0.15, 0.2) is 29.2 Å². The summed E-state index contributed by atoms with van der Waals surface area (Å²) in [5.74, 6) is -0.924. The molecule has 6 nitrogen and oxygen atoms in total. The van der Waals surface area contributed by atoms with Gasteiger partial charge in [-0.1, -0.05) is 0 Å². The Balaban J connectivity index is 2.59. The van der Waals surface area contributed by atoms with Crippen molar-refractivity contribution in [1.82, 2.24) is 9.62 Å². The number of nitrogens with one attached hydrogen (secondary N) is 1.